The quantitative estimate of drug-likeness (QED) is 0.103. The van der Waals surface area contributed by atoms with E-state index in [-0.39, 0.29) is 90.5 Å². The maximum absolute atomic E-state index is 5.03. The van der Waals surface area contributed by atoms with Crippen LogP contribution in [0.2, 0.25) is 0 Å². The first-order chi connectivity index (χ1) is 22.5. The fourth-order valence-corrected chi connectivity index (χ4v) is 6.02. The third-order valence-electron chi connectivity index (χ3n) is 8.74. The van der Waals surface area contributed by atoms with Gasteiger partial charge in [0, 0.05) is 53.2 Å². The van der Waals surface area contributed by atoms with Gasteiger partial charge in [0.15, 0.2) is 0 Å². The van der Waals surface area contributed by atoms with Crippen LogP contribution in [0.15, 0.2) is 101 Å². The number of benzene rings is 3. The van der Waals surface area contributed by atoms with E-state index >= 15 is 0 Å². The van der Waals surface area contributed by atoms with E-state index in [9.17, 15) is 0 Å². The van der Waals surface area contributed by atoms with Crippen molar-refractivity contribution in [1.82, 2.24) is 9.97 Å². The third kappa shape index (κ3) is 13.2. The van der Waals surface area contributed by atoms with Crippen LogP contribution in [0.4, 0.5) is 11.4 Å². The molecular weight excluding hydrogens is 927 g/mol. The van der Waals surface area contributed by atoms with Gasteiger partial charge in [0.25, 0.3) is 0 Å². The standard InChI is InChI=1S/C43H48N4.4ClH.2Pd/c1-27(2)37-21-33(22-38(28(3)4)42(37)46-25-35-14-10-12-18-44-35)32-17-16-31(9)41(20-32)34-23-39(29(5)6)43(40(24-34)30(7)8)47-26-36-15-11-13-19-45-36;;;;;;/h10-30H,1-9H3;4*1H;;. The predicted octanol–water partition coefficient (Wildman–Crippen LogP) is 13.8. The fourth-order valence-electron chi connectivity index (χ4n) is 6.02. The van der Waals surface area contributed by atoms with E-state index in [1.165, 1.54) is 50.1 Å². The second kappa shape index (κ2) is 24.3. The number of halogens is 4. The number of nitrogens with zero attached hydrogens (tertiary/aromatic N) is 4. The predicted molar refractivity (Wildman–Crippen MR) is 230 cm³/mol. The van der Waals surface area contributed by atoms with Crippen LogP contribution in [-0.4, -0.2) is 22.4 Å². The van der Waals surface area contributed by atoms with E-state index in [4.69, 9.17) is 9.98 Å². The Morgan fingerprint density at radius 3 is 1.19 bits per heavy atom. The summed E-state index contributed by atoms with van der Waals surface area (Å²) < 4.78 is 0. The van der Waals surface area contributed by atoms with Crippen LogP contribution >= 0.6 is 49.6 Å². The maximum Gasteiger partial charge on any atom is 0.0812 e. The summed E-state index contributed by atoms with van der Waals surface area (Å²) in [5.41, 5.74) is 15.0. The van der Waals surface area contributed by atoms with Crippen molar-refractivity contribution in [3.05, 3.63) is 130 Å². The second-order valence-electron chi connectivity index (χ2n) is 13.7. The topological polar surface area (TPSA) is 50.5 Å². The smallest absolute Gasteiger partial charge is 0.0812 e. The van der Waals surface area contributed by atoms with Gasteiger partial charge >= 0.3 is 0 Å². The zero-order valence-electron chi connectivity index (χ0n) is 31.7. The Hall–Kier alpha value is -2.22. The van der Waals surface area contributed by atoms with Gasteiger partial charge in [-0.05, 0) is 135 Å². The normalized spacial score (nSPS) is 10.7. The van der Waals surface area contributed by atoms with E-state index in [1.807, 2.05) is 61.2 Å². The molecule has 0 unspecified atom stereocenters. The Morgan fingerprint density at radius 1 is 0.472 bits per heavy atom. The average molecular weight is 980 g/mol. The molecule has 0 saturated heterocycles. The number of aryl methyl sites for hydroxylation is 1. The molecule has 292 valence electrons. The molecule has 4 nitrogen and oxygen atoms in total. The number of hydrogen-bond acceptors (Lipinski definition) is 4. The van der Waals surface area contributed by atoms with E-state index < -0.39 is 0 Å². The van der Waals surface area contributed by atoms with Crippen LogP contribution in [0.1, 0.15) is 118 Å². The molecular formula is C43H52Cl4N4Pd2. The molecule has 0 saturated carbocycles. The van der Waals surface area contributed by atoms with Crippen molar-refractivity contribution in [2.45, 2.75) is 86.0 Å². The minimum absolute atomic E-state index is 0. The summed E-state index contributed by atoms with van der Waals surface area (Å²) in [4.78, 5) is 19.0. The molecule has 0 amide bonds. The molecule has 0 bridgehead atoms. The van der Waals surface area contributed by atoms with Gasteiger partial charge in [-0.3, -0.25) is 20.0 Å². The van der Waals surface area contributed by atoms with Crippen molar-refractivity contribution in [2.24, 2.45) is 9.98 Å². The molecule has 2 aromatic heterocycles. The molecule has 0 N–H and O–H groups in total. The van der Waals surface area contributed by atoms with Crippen molar-refractivity contribution in [3.63, 3.8) is 0 Å². The Morgan fingerprint density at radius 2 is 0.849 bits per heavy atom. The SMILES string of the molecule is Cc1ccc(-c2cc(C(C)C)c(N=Cc3ccccn3)c(C(C)C)c2)cc1-c1cc(C(C)C)c(N=Cc2ccccn2)c(C(C)C)c1.Cl.Cl.Cl.Cl.[Pd].[Pd]. The summed E-state index contributed by atoms with van der Waals surface area (Å²) in [7, 11) is 0. The summed E-state index contributed by atoms with van der Waals surface area (Å²) in [6.45, 7) is 20.2. The first-order valence-electron chi connectivity index (χ1n) is 16.9. The van der Waals surface area contributed by atoms with Crippen molar-refractivity contribution in [3.8, 4) is 22.3 Å². The van der Waals surface area contributed by atoms with Gasteiger partial charge in [0.05, 0.1) is 35.2 Å². The van der Waals surface area contributed by atoms with Crippen molar-refractivity contribution in [2.75, 3.05) is 0 Å². The molecule has 2 heterocycles. The molecule has 0 spiro atoms. The first-order valence-corrected chi connectivity index (χ1v) is 16.9. The molecule has 0 aliphatic rings. The molecule has 0 aliphatic heterocycles. The van der Waals surface area contributed by atoms with Crippen LogP contribution in [0.5, 0.6) is 0 Å². The monoisotopic (exact) mass is 976 g/mol. The molecule has 53 heavy (non-hydrogen) atoms. The fraction of sp³-hybridized carbons (Fsp3) is 0.302. The van der Waals surface area contributed by atoms with Gasteiger partial charge in [-0.25, -0.2) is 0 Å². The minimum atomic E-state index is 0. The van der Waals surface area contributed by atoms with Crippen LogP contribution in [0.25, 0.3) is 22.3 Å². The van der Waals surface area contributed by atoms with E-state index in [0.717, 1.165) is 22.8 Å². The number of rotatable bonds is 10. The van der Waals surface area contributed by atoms with Gasteiger partial charge in [-0.2, -0.15) is 0 Å². The summed E-state index contributed by atoms with van der Waals surface area (Å²) in [6.07, 6.45) is 7.40. The largest absolute Gasteiger partial charge is 0.255 e. The zero-order chi connectivity index (χ0) is 33.7. The second-order valence-corrected chi connectivity index (χ2v) is 13.7. The van der Waals surface area contributed by atoms with E-state index in [0.29, 0.717) is 23.7 Å². The van der Waals surface area contributed by atoms with Crippen LogP contribution in [-0.2, 0) is 40.8 Å². The molecule has 0 fully saturated rings. The minimum Gasteiger partial charge on any atom is -0.255 e. The van der Waals surface area contributed by atoms with Crippen molar-refractivity contribution >= 4 is 73.4 Å². The molecule has 3 aromatic carbocycles. The van der Waals surface area contributed by atoms with Gasteiger partial charge < -0.3 is 0 Å². The van der Waals surface area contributed by atoms with Gasteiger partial charge in [-0.15, -0.1) is 49.6 Å². The number of aromatic nitrogens is 2. The van der Waals surface area contributed by atoms with E-state index in [1.54, 1.807) is 0 Å². The molecule has 5 aromatic rings. The van der Waals surface area contributed by atoms with Gasteiger partial charge in [-0.1, -0.05) is 79.7 Å². The number of hydrogen-bond donors (Lipinski definition) is 0. The summed E-state index contributed by atoms with van der Waals surface area (Å²) in [6, 6.07) is 28.1. The molecule has 0 aliphatic carbocycles. The van der Waals surface area contributed by atoms with Crippen LogP contribution in [0.3, 0.4) is 0 Å². The van der Waals surface area contributed by atoms with Crippen molar-refractivity contribution < 1.29 is 40.8 Å². The Bertz CT molecular complexity index is 1860. The average Bonchev–Trinajstić information content (AvgIpc) is 3.06. The van der Waals surface area contributed by atoms with Crippen LogP contribution in [0, 0.1) is 6.92 Å². The number of aliphatic imine (C=N–C) groups is 2. The molecule has 0 atom stereocenters. The Kier molecular flexibility index (Phi) is 24.3. The summed E-state index contributed by atoms with van der Waals surface area (Å²) in [5, 5.41) is 0. The molecule has 5 rings (SSSR count). The molecule has 0 radical (unpaired) electrons. The van der Waals surface area contributed by atoms with Gasteiger partial charge in [0.2, 0.25) is 0 Å². The molecule has 10 heteroatoms. The summed E-state index contributed by atoms with van der Waals surface area (Å²) >= 11 is 0. The Balaban J connectivity index is 0. The summed E-state index contributed by atoms with van der Waals surface area (Å²) in [5.74, 6) is 1.26. The first kappa shape index (κ1) is 52.9. The number of pyridine rings is 2. The maximum atomic E-state index is 5.03. The Labute approximate surface area is 370 Å². The zero-order valence-corrected chi connectivity index (χ0v) is 38.1. The van der Waals surface area contributed by atoms with E-state index in [2.05, 4.69) is 115 Å². The van der Waals surface area contributed by atoms with Crippen LogP contribution < -0.4 is 0 Å². The van der Waals surface area contributed by atoms with Crippen molar-refractivity contribution in [1.29, 1.82) is 0 Å². The third-order valence-corrected chi connectivity index (χ3v) is 8.74. The van der Waals surface area contributed by atoms with Gasteiger partial charge in [0.1, 0.15) is 0 Å².